The predicted octanol–water partition coefficient (Wildman–Crippen LogP) is 6.26. The second-order valence-electron chi connectivity index (χ2n) is 6.17. The summed E-state index contributed by atoms with van der Waals surface area (Å²) in [5, 5.41) is 0. The smallest absolute Gasteiger partial charge is 0.338 e. The third kappa shape index (κ3) is 5.84. The van der Waals surface area contributed by atoms with Crippen molar-refractivity contribution >= 4 is 5.97 Å². The zero-order valence-electron chi connectivity index (χ0n) is 14.7. The van der Waals surface area contributed by atoms with Crippen LogP contribution in [0, 0.1) is 0 Å². The first kappa shape index (κ1) is 18.3. The summed E-state index contributed by atoms with van der Waals surface area (Å²) in [7, 11) is 0. The summed E-state index contributed by atoms with van der Waals surface area (Å²) in [5.41, 5.74) is 2.62. The number of esters is 1. The number of rotatable bonds is 10. The minimum atomic E-state index is -0.222. The molecule has 24 heavy (non-hydrogen) atoms. The molecule has 0 aromatic heterocycles. The Morgan fingerprint density at radius 1 is 0.792 bits per heavy atom. The fraction of sp³-hybridized carbons (Fsp3) is 0.409. The number of benzene rings is 2. The zero-order valence-corrected chi connectivity index (χ0v) is 14.7. The van der Waals surface area contributed by atoms with Gasteiger partial charge >= 0.3 is 5.97 Å². The van der Waals surface area contributed by atoms with E-state index < -0.39 is 0 Å². The molecule has 2 rings (SSSR count). The molecule has 0 aliphatic rings. The molecule has 0 atom stereocenters. The summed E-state index contributed by atoms with van der Waals surface area (Å²) in [5.74, 6) is -0.222. The van der Waals surface area contributed by atoms with Gasteiger partial charge in [0.25, 0.3) is 0 Å². The van der Waals surface area contributed by atoms with E-state index in [9.17, 15) is 4.79 Å². The van der Waals surface area contributed by atoms with Crippen molar-refractivity contribution in [1.82, 2.24) is 0 Å². The molecule has 0 saturated carbocycles. The highest BCUT2D eigenvalue weighted by Gasteiger charge is 2.13. The Kier molecular flexibility index (Phi) is 8.09. The van der Waals surface area contributed by atoms with Gasteiger partial charge < -0.3 is 4.74 Å². The molecule has 0 N–H and O–H groups in total. The molecule has 0 fully saturated rings. The maximum absolute atomic E-state index is 12.4. The first-order valence-electron chi connectivity index (χ1n) is 9.14. The number of carbonyl (C=O) groups is 1. The summed E-state index contributed by atoms with van der Waals surface area (Å²) >= 11 is 0. The van der Waals surface area contributed by atoms with E-state index in [2.05, 4.69) is 6.92 Å². The van der Waals surface area contributed by atoms with Crippen LogP contribution in [-0.4, -0.2) is 12.6 Å². The van der Waals surface area contributed by atoms with Gasteiger partial charge in [0.1, 0.15) is 0 Å². The summed E-state index contributed by atoms with van der Waals surface area (Å²) in [6.07, 6.45) is 8.53. The van der Waals surface area contributed by atoms with Gasteiger partial charge in [0.15, 0.2) is 0 Å². The summed E-state index contributed by atoms with van der Waals surface area (Å²) in [6.45, 7) is 2.74. The molecule has 0 spiro atoms. The molecule has 0 aliphatic carbocycles. The maximum atomic E-state index is 12.4. The fourth-order valence-electron chi connectivity index (χ4n) is 2.83. The molecule has 2 heteroatoms. The van der Waals surface area contributed by atoms with E-state index in [0.29, 0.717) is 12.2 Å². The first-order chi connectivity index (χ1) is 11.8. The van der Waals surface area contributed by atoms with Crippen molar-refractivity contribution < 1.29 is 9.53 Å². The van der Waals surface area contributed by atoms with Crippen molar-refractivity contribution in [1.29, 1.82) is 0 Å². The van der Waals surface area contributed by atoms with Crippen molar-refractivity contribution in [3.63, 3.8) is 0 Å². The van der Waals surface area contributed by atoms with Crippen molar-refractivity contribution in [2.24, 2.45) is 0 Å². The van der Waals surface area contributed by atoms with Crippen LogP contribution in [0.2, 0.25) is 0 Å². The number of hydrogen-bond donors (Lipinski definition) is 0. The molecule has 0 bridgehead atoms. The van der Waals surface area contributed by atoms with E-state index in [4.69, 9.17) is 4.74 Å². The molecule has 2 nitrogen and oxygen atoms in total. The van der Waals surface area contributed by atoms with Crippen LogP contribution in [0.25, 0.3) is 11.1 Å². The molecule has 2 aromatic carbocycles. The lowest BCUT2D eigenvalue weighted by Gasteiger charge is -2.10. The lowest BCUT2D eigenvalue weighted by atomic mass is 10.00. The minimum absolute atomic E-state index is 0.222. The van der Waals surface area contributed by atoms with Crippen molar-refractivity contribution in [3.05, 3.63) is 60.2 Å². The molecule has 0 unspecified atom stereocenters. The molecule has 0 amide bonds. The summed E-state index contributed by atoms with van der Waals surface area (Å²) in [6, 6.07) is 17.6. The van der Waals surface area contributed by atoms with Gasteiger partial charge in [0.2, 0.25) is 0 Å². The summed E-state index contributed by atoms with van der Waals surface area (Å²) < 4.78 is 5.48. The largest absolute Gasteiger partial charge is 0.462 e. The van der Waals surface area contributed by atoms with Crippen LogP contribution in [0.5, 0.6) is 0 Å². The number of carbonyl (C=O) groups excluding carboxylic acids is 1. The van der Waals surface area contributed by atoms with E-state index in [1.807, 2.05) is 54.6 Å². The maximum Gasteiger partial charge on any atom is 0.338 e. The normalized spacial score (nSPS) is 10.5. The van der Waals surface area contributed by atoms with Crippen LogP contribution < -0.4 is 0 Å². The third-order valence-corrected chi connectivity index (χ3v) is 4.21. The second kappa shape index (κ2) is 10.6. The topological polar surface area (TPSA) is 26.3 Å². The van der Waals surface area contributed by atoms with Gasteiger partial charge in [0.05, 0.1) is 12.2 Å². The zero-order chi connectivity index (χ0) is 17.0. The molecule has 0 saturated heterocycles. The Balaban J connectivity index is 1.81. The van der Waals surface area contributed by atoms with Gasteiger partial charge in [-0.1, -0.05) is 94.0 Å². The van der Waals surface area contributed by atoms with E-state index in [1.165, 1.54) is 32.1 Å². The van der Waals surface area contributed by atoms with Gasteiger partial charge in [-0.25, -0.2) is 4.79 Å². The monoisotopic (exact) mass is 324 g/mol. The number of ether oxygens (including phenoxy) is 1. The van der Waals surface area contributed by atoms with Gasteiger partial charge in [-0.2, -0.15) is 0 Å². The quantitative estimate of drug-likeness (QED) is 0.381. The van der Waals surface area contributed by atoms with Crippen LogP contribution >= 0.6 is 0 Å². The number of hydrogen-bond acceptors (Lipinski definition) is 2. The Bertz CT molecular complexity index is 604. The van der Waals surface area contributed by atoms with E-state index >= 15 is 0 Å². The molecule has 0 heterocycles. The van der Waals surface area contributed by atoms with Crippen molar-refractivity contribution in [2.45, 2.75) is 51.9 Å². The SMILES string of the molecule is CCCCCCCCCOC(=O)c1ccccc1-c1ccccc1. The summed E-state index contributed by atoms with van der Waals surface area (Å²) in [4.78, 5) is 12.4. The van der Waals surface area contributed by atoms with E-state index in [-0.39, 0.29) is 5.97 Å². The van der Waals surface area contributed by atoms with Crippen LogP contribution in [0.4, 0.5) is 0 Å². The molecule has 2 aromatic rings. The van der Waals surface area contributed by atoms with Gasteiger partial charge in [-0.15, -0.1) is 0 Å². The van der Waals surface area contributed by atoms with E-state index in [1.54, 1.807) is 0 Å². The van der Waals surface area contributed by atoms with Gasteiger partial charge in [-0.3, -0.25) is 0 Å². The molecule has 0 aliphatic heterocycles. The Morgan fingerprint density at radius 2 is 1.42 bits per heavy atom. The molecular weight excluding hydrogens is 296 g/mol. The second-order valence-corrected chi connectivity index (χ2v) is 6.17. The molecular formula is C22H28O2. The lowest BCUT2D eigenvalue weighted by molar-refractivity contribution is 0.0498. The first-order valence-corrected chi connectivity index (χ1v) is 9.14. The highest BCUT2D eigenvalue weighted by molar-refractivity contribution is 5.97. The highest BCUT2D eigenvalue weighted by atomic mass is 16.5. The Labute approximate surface area is 145 Å². The standard InChI is InChI=1S/C22H28O2/c1-2-3-4-5-6-7-13-18-24-22(23)21-17-12-11-16-20(21)19-14-9-8-10-15-19/h8-12,14-17H,2-7,13,18H2,1H3. The van der Waals surface area contributed by atoms with Crippen LogP contribution in [0.1, 0.15) is 62.2 Å². The van der Waals surface area contributed by atoms with Crippen LogP contribution in [0.15, 0.2) is 54.6 Å². The Morgan fingerprint density at radius 3 is 2.17 bits per heavy atom. The average molecular weight is 324 g/mol. The predicted molar refractivity (Wildman–Crippen MR) is 100 cm³/mol. The third-order valence-electron chi connectivity index (χ3n) is 4.21. The minimum Gasteiger partial charge on any atom is -0.462 e. The van der Waals surface area contributed by atoms with Gasteiger partial charge in [-0.05, 0) is 23.6 Å². The average Bonchev–Trinajstić information content (AvgIpc) is 2.64. The highest BCUT2D eigenvalue weighted by Crippen LogP contribution is 2.24. The molecule has 0 radical (unpaired) electrons. The molecule has 128 valence electrons. The van der Waals surface area contributed by atoms with Crippen molar-refractivity contribution in [3.8, 4) is 11.1 Å². The van der Waals surface area contributed by atoms with Crippen LogP contribution in [-0.2, 0) is 4.74 Å². The van der Waals surface area contributed by atoms with E-state index in [0.717, 1.165) is 24.0 Å². The lowest BCUT2D eigenvalue weighted by Crippen LogP contribution is -2.08. The fourth-order valence-corrected chi connectivity index (χ4v) is 2.83. The van der Waals surface area contributed by atoms with Crippen molar-refractivity contribution in [2.75, 3.05) is 6.61 Å². The van der Waals surface area contributed by atoms with Gasteiger partial charge in [0, 0.05) is 0 Å². The number of unbranched alkanes of at least 4 members (excludes halogenated alkanes) is 6. The van der Waals surface area contributed by atoms with Crippen LogP contribution in [0.3, 0.4) is 0 Å². The Hall–Kier alpha value is -2.09.